The van der Waals surface area contributed by atoms with Crippen molar-refractivity contribution < 1.29 is 4.39 Å². The van der Waals surface area contributed by atoms with Crippen LogP contribution in [-0.2, 0) is 6.54 Å². The van der Waals surface area contributed by atoms with Gasteiger partial charge in [0.05, 0.1) is 5.69 Å². The van der Waals surface area contributed by atoms with Crippen LogP contribution in [-0.4, -0.2) is 0 Å². The Bertz CT molecular complexity index is 570. The quantitative estimate of drug-likeness (QED) is 0.773. The first kappa shape index (κ1) is 13.6. The van der Waals surface area contributed by atoms with E-state index in [4.69, 9.17) is 0 Å². The summed E-state index contributed by atoms with van der Waals surface area (Å²) in [5, 5.41) is 3.09. The lowest BCUT2D eigenvalue weighted by molar-refractivity contribution is 0.629. The predicted molar refractivity (Wildman–Crippen MR) is 80.3 cm³/mol. The highest BCUT2D eigenvalue weighted by atomic mass is 79.9. The number of halogens is 3. The van der Waals surface area contributed by atoms with Gasteiger partial charge in [0.1, 0.15) is 5.82 Å². The van der Waals surface area contributed by atoms with Gasteiger partial charge < -0.3 is 5.32 Å². The first-order chi connectivity index (χ1) is 8.56. The van der Waals surface area contributed by atoms with Crippen LogP contribution in [0.5, 0.6) is 0 Å². The molecule has 0 amide bonds. The van der Waals surface area contributed by atoms with Gasteiger partial charge in [0, 0.05) is 15.5 Å². The Morgan fingerprint density at radius 3 is 2.56 bits per heavy atom. The van der Waals surface area contributed by atoms with Crippen LogP contribution in [0.2, 0.25) is 0 Å². The van der Waals surface area contributed by atoms with Crippen LogP contribution >= 0.6 is 31.9 Å². The number of nitrogens with one attached hydrogen (secondary N) is 1. The molecule has 2 rings (SSSR count). The van der Waals surface area contributed by atoms with E-state index >= 15 is 0 Å². The highest BCUT2D eigenvalue weighted by Gasteiger charge is 2.03. The summed E-state index contributed by atoms with van der Waals surface area (Å²) in [5.41, 5.74) is 2.81. The second-order valence-electron chi connectivity index (χ2n) is 4.06. The Hall–Kier alpha value is -0.870. The van der Waals surface area contributed by atoms with Crippen molar-refractivity contribution in [3.63, 3.8) is 0 Å². The third kappa shape index (κ3) is 3.33. The van der Waals surface area contributed by atoms with Crippen LogP contribution in [0.25, 0.3) is 0 Å². The molecule has 0 saturated carbocycles. The van der Waals surface area contributed by atoms with E-state index in [1.165, 1.54) is 11.6 Å². The van der Waals surface area contributed by atoms with Crippen LogP contribution in [0.15, 0.2) is 45.3 Å². The number of aryl methyl sites for hydroxylation is 1. The molecule has 0 aromatic heterocycles. The molecule has 0 unspecified atom stereocenters. The number of hydrogen-bond acceptors (Lipinski definition) is 1. The molecule has 0 heterocycles. The smallest absolute Gasteiger partial charge is 0.147 e. The van der Waals surface area contributed by atoms with Gasteiger partial charge in [0.25, 0.3) is 0 Å². The molecule has 0 radical (unpaired) electrons. The van der Waals surface area contributed by atoms with Gasteiger partial charge in [-0.2, -0.15) is 0 Å². The Labute approximate surface area is 123 Å². The molecule has 18 heavy (non-hydrogen) atoms. The molecule has 0 aliphatic heterocycles. The molecule has 0 bridgehead atoms. The van der Waals surface area contributed by atoms with Gasteiger partial charge in [-0.3, -0.25) is 0 Å². The van der Waals surface area contributed by atoms with Crippen molar-refractivity contribution >= 4 is 37.5 Å². The molecule has 0 aliphatic carbocycles. The zero-order valence-corrected chi connectivity index (χ0v) is 13.0. The van der Waals surface area contributed by atoms with E-state index in [2.05, 4.69) is 43.2 Å². The Morgan fingerprint density at radius 2 is 1.89 bits per heavy atom. The summed E-state index contributed by atoms with van der Waals surface area (Å²) in [5.74, 6) is -0.252. The molecule has 0 atom stereocenters. The lowest BCUT2D eigenvalue weighted by Crippen LogP contribution is -2.01. The summed E-state index contributed by atoms with van der Waals surface area (Å²) in [6, 6.07) is 11.1. The van der Waals surface area contributed by atoms with Gasteiger partial charge in [0.15, 0.2) is 0 Å². The molecule has 0 saturated heterocycles. The number of hydrogen-bond donors (Lipinski definition) is 1. The maximum atomic E-state index is 13.6. The molecule has 0 aliphatic rings. The standard InChI is InChI=1S/C14H12Br2FN/c1-9-6-10(2-4-12(9)16)8-18-14-5-3-11(15)7-13(14)17/h2-7,18H,8H2,1H3. The van der Waals surface area contributed by atoms with Crippen LogP contribution in [0.1, 0.15) is 11.1 Å². The predicted octanol–water partition coefficient (Wildman–Crippen LogP) is 5.27. The summed E-state index contributed by atoms with van der Waals surface area (Å²) in [6.07, 6.45) is 0. The summed E-state index contributed by atoms with van der Waals surface area (Å²) < 4.78 is 15.4. The summed E-state index contributed by atoms with van der Waals surface area (Å²) in [6.45, 7) is 2.64. The first-order valence-corrected chi connectivity index (χ1v) is 7.09. The number of rotatable bonds is 3. The van der Waals surface area contributed by atoms with Gasteiger partial charge in [0.2, 0.25) is 0 Å². The van der Waals surface area contributed by atoms with E-state index in [-0.39, 0.29) is 5.82 Å². The van der Waals surface area contributed by atoms with E-state index in [0.29, 0.717) is 12.2 Å². The maximum absolute atomic E-state index is 13.6. The van der Waals surface area contributed by atoms with Crippen LogP contribution < -0.4 is 5.32 Å². The summed E-state index contributed by atoms with van der Waals surface area (Å²) in [4.78, 5) is 0. The van der Waals surface area contributed by atoms with Crippen molar-refractivity contribution in [2.24, 2.45) is 0 Å². The number of anilines is 1. The van der Waals surface area contributed by atoms with Crippen molar-refractivity contribution in [1.82, 2.24) is 0 Å². The van der Waals surface area contributed by atoms with E-state index in [0.717, 1.165) is 14.5 Å². The monoisotopic (exact) mass is 371 g/mol. The minimum atomic E-state index is -0.252. The van der Waals surface area contributed by atoms with Crippen molar-refractivity contribution in [2.45, 2.75) is 13.5 Å². The summed E-state index contributed by atoms with van der Waals surface area (Å²) in [7, 11) is 0. The Kier molecular flexibility index (Phi) is 4.40. The lowest BCUT2D eigenvalue weighted by Gasteiger charge is -2.09. The van der Waals surface area contributed by atoms with Crippen LogP contribution in [0, 0.1) is 12.7 Å². The molecule has 0 spiro atoms. The topological polar surface area (TPSA) is 12.0 Å². The Balaban J connectivity index is 2.09. The Morgan fingerprint density at radius 1 is 1.11 bits per heavy atom. The van der Waals surface area contributed by atoms with E-state index in [1.54, 1.807) is 6.07 Å². The highest BCUT2D eigenvalue weighted by Crippen LogP contribution is 2.21. The maximum Gasteiger partial charge on any atom is 0.147 e. The van der Waals surface area contributed by atoms with Crippen molar-refractivity contribution in [2.75, 3.05) is 5.32 Å². The van der Waals surface area contributed by atoms with E-state index in [9.17, 15) is 4.39 Å². The van der Waals surface area contributed by atoms with Crippen molar-refractivity contribution in [1.29, 1.82) is 0 Å². The fraction of sp³-hybridized carbons (Fsp3) is 0.143. The van der Waals surface area contributed by atoms with Gasteiger partial charge in [-0.25, -0.2) is 4.39 Å². The normalized spacial score (nSPS) is 10.4. The second-order valence-corrected chi connectivity index (χ2v) is 5.83. The zero-order chi connectivity index (χ0) is 13.1. The van der Waals surface area contributed by atoms with E-state index in [1.807, 2.05) is 25.1 Å². The van der Waals surface area contributed by atoms with Gasteiger partial charge in [-0.15, -0.1) is 0 Å². The summed E-state index contributed by atoms with van der Waals surface area (Å²) >= 11 is 6.70. The molecule has 2 aromatic carbocycles. The van der Waals surface area contributed by atoms with Crippen molar-refractivity contribution in [3.8, 4) is 0 Å². The second kappa shape index (κ2) is 5.85. The lowest BCUT2D eigenvalue weighted by atomic mass is 10.1. The minimum Gasteiger partial charge on any atom is -0.379 e. The third-order valence-corrected chi connectivity index (χ3v) is 4.02. The van der Waals surface area contributed by atoms with Gasteiger partial charge >= 0.3 is 0 Å². The minimum absolute atomic E-state index is 0.252. The van der Waals surface area contributed by atoms with Crippen LogP contribution in [0.4, 0.5) is 10.1 Å². The third-order valence-electron chi connectivity index (χ3n) is 2.64. The largest absolute Gasteiger partial charge is 0.379 e. The molecule has 2 aromatic rings. The molecule has 0 fully saturated rings. The van der Waals surface area contributed by atoms with E-state index < -0.39 is 0 Å². The average Bonchev–Trinajstić information content (AvgIpc) is 2.32. The molecular weight excluding hydrogens is 361 g/mol. The fourth-order valence-electron chi connectivity index (χ4n) is 1.65. The zero-order valence-electron chi connectivity index (χ0n) is 9.81. The molecule has 4 heteroatoms. The highest BCUT2D eigenvalue weighted by molar-refractivity contribution is 9.10. The molecule has 1 nitrogen and oxygen atoms in total. The molecule has 1 N–H and O–H groups in total. The average molecular weight is 373 g/mol. The molecule has 94 valence electrons. The van der Waals surface area contributed by atoms with Crippen molar-refractivity contribution in [3.05, 3.63) is 62.3 Å². The van der Waals surface area contributed by atoms with Gasteiger partial charge in [-0.1, -0.05) is 44.0 Å². The fourth-order valence-corrected chi connectivity index (χ4v) is 2.23. The van der Waals surface area contributed by atoms with Crippen LogP contribution in [0.3, 0.4) is 0 Å². The van der Waals surface area contributed by atoms with Gasteiger partial charge in [-0.05, 0) is 42.3 Å². The first-order valence-electron chi connectivity index (χ1n) is 5.50. The SMILES string of the molecule is Cc1cc(CNc2ccc(Br)cc2F)ccc1Br. The number of benzene rings is 2. The molecular formula is C14H12Br2FN.